The third kappa shape index (κ3) is 3.59. The van der Waals surface area contributed by atoms with Crippen LogP contribution in [0.2, 0.25) is 5.02 Å². The molecule has 0 fully saturated rings. The Bertz CT molecular complexity index is 608. The summed E-state index contributed by atoms with van der Waals surface area (Å²) in [7, 11) is 0. The fraction of sp³-hybridized carbons (Fsp3) is 0.294. The second kappa shape index (κ2) is 6.38. The van der Waals surface area contributed by atoms with Gasteiger partial charge in [0.1, 0.15) is 5.82 Å². The normalized spacial score (nSPS) is 11.1. The minimum atomic E-state index is -0.180. The maximum absolute atomic E-state index is 13.8. The van der Waals surface area contributed by atoms with Gasteiger partial charge in [0.2, 0.25) is 0 Å². The molecule has 0 aromatic heterocycles. The molecule has 0 aliphatic rings. The molecule has 0 spiro atoms. The van der Waals surface area contributed by atoms with Crippen LogP contribution in [-0.4, -0.2) is 6.04 Å². The molecule has 0 aliphatic carbocycles. The van der Waals surface area contributed by atoms with E-state index in [1.54, 1.807) is 6.07 Å². The van der Waals surface area contributed by atoms with Gasteiger partial charge in [-0.05, 0) is 41.8 Å². The van der Waals surface area contributed by atoms with Gasteiger partial charge in [-0.15, -0.1) is 0 Å². The summed E-state index contributed by atoms with van der Waals surface area (Å²) in [5.74, 6) is -0.180. The fourth-order valence-corrected chi connectivity index (χ4v) is 2.16. The highest BCUT2D eigenvalue weighted by atomic mass is 35.5. The van der Waals surface area contributed by atoms with Crippen LogP contribution in [0.25, 0.3) is 11.1 Å². The summed E-state index contributed by atoms with van der Waals surface area (Å²) >= 11 is 6.15. The molecule has 1 nitrogen and oxygen atoms in total. The van der Waals surface area contributed by atoms with E-state index in [1.807, 2.05) is 45.0 Å². The smallest absolute Gasteiger partial charge is 0.127 e. The van der Waals surface area contributed by atoms with Crippen molar-refractivity contribution in [2.75, 3.05) is 0 Å². The van der Waals surface area contributed by atoms with Crippen molar-refractivity contribution in [3.63, 3.8) is 0 Å². The van der Waals surface area contributed by atoms with Crippen molar-refractivity contribution < 1.29 is 4.39 Å². The first-order valence-electron chi connectivity index (χ1n) is 6.75. The standard InChI is InChI=1S/C17H19ClFN/c1-11(2)20-10-15-8-13(6-7-17(15)19)14-5-4-12(3)16(18)9-14/h4-9,11,20H,10H2,1-3H3. The number of hydrogen-bond acceptors (Lipinski definition) is 1. The predicted octanol–water partition coefficient (Wildman–Crippen LogP) is 4.95. The molecule has 0 heterocycles. The third-order valence-corrected chi connectivity index (χ3v) is 3.66. The van der Waals surface area contributed by atoms with E-state index in [4.69, 9.17) is 11.6 Å². The molecule has 2 aromatic carbocycles. The van der Waals surface area contributed by atoms with Crippen LogP contribution >= 0.6 is 11.6 Å². The van der Waals surface area contributed by atoms with Crippen LogP contribution in [0, 0.1) is 12.7 Å². The molecule has 0 saturated carbocycles. The Hall–Kier alpha value is -1.38. The number of rotatable bonds is 4. The van der Waals surface area contributed by atoms with Crippen LogP contribution in [0.5, 0.6) is 0 Å². The fourth-order valence-electron chi connectivity index (χ4n) is 1.98. The second-order valence-electron chi connectivity index (χ2n) is 5.31. The number of nitrogens with one attached hydrogen (secondary N) is 1. The Kier molecular flexibility index (Phi) is 4.79. The monoisotopic (exact) mass is 291 g/mol. The Morgan fingerprint density at radius 1 is 1.10 bits per heavy atom. The molecule has 3 heteroatoms. The average Bonchev–Trinajstić information content (AvgIpc) is 2.41. The molecule has 0 radical (unpaired) electrons. The largest absolute Gasteiger partial charge is 0.310 e. The highest BCUT2D eigenvalue weighted by Gasteiger charge is 2.07. The van der Waals surface area contributed by atoms with Gasteiger partial charge in [-0.25, -0.2) is 4.39 Å². The van der Waals surface area contributed by atoms with Crippen molar-refractivity contribution in [3.05, 3.63) is 58.4 Å². The van der Waals surface area contributed by atoms with Gasteiger partial charge in [0.05, 0.1) is 0 Å². The second-order valence-corrected chi connectivity index (χ2v) is 5.71. The molecule has 106 valence electrons. The maximum atomic E-state index is 13.8. The number of benzene rings is 2. The molecule has 1 N–H and O–H groups in total. The molecule has 0 unspecified atom stereocenters. The van der Waals surface area contributed by atoms with Crippen LogP contribution in [0.3, 0.4) is 0 Å². The molecule has 20 heavy (non-hydrogen) atoms. The van der Waals surface area contributed by atoms with Crippen LogP contribution in [-0.2, 0) is 6.54 Å². The Balaban J connectivity index is 2.32. The lowest BCUT2D eigenvalue weighted by Crippen LogP contribution is -2.22. The van der Waals surface area contributed by atoms with Crippen molar-refractivity contribution in [1.29, 1.82) is 0 Å². The molecule has 2 rings (SSSR count). The number of halogens is 2. The van der Waals surface area contributed by atoms with Crippen LogP contribution in [0.15, 0.2) is 36.4 Å². The summed E-state index contributed by atoms with van der Waals surface area (Å²) in [4.78, 5) is 0. The number of hydrogen-bond donors (Lipinski definition) is 1. The van der Waals surface area contributed by atoms with Crippen molar-refractivity contribution in [2.45, 2.75) is 33.4 Å². The predicted molar refractivity (Wildman–Crippen MR) is 83.6 cm³/mol. The molecular weight excluding hydrogens is 273 g/mol. The molecule has 0 atom stereocenters. The third-order valence-electron chi connectivity index (χ3n) is 3.25. The van der Waals surface area contributed by atoms with E-state index < -0.39 is 0 Å². The summed E-state index contributed by atoms with van der Waals surface area (Å²) in [5, 5.41) is 3.97. The molecular formula is C17H19ClFN. The van der Waals surface area contributed by atoms with Crippen LogP contribution in [0.1, 0.15) is 25.0 Å². The number of aryl methyl sites for hydroxylation is 1. The van der Waals surface area contributed by atoms with Crippen molar-refractivity contribution in [3.8, 4) is 11.1 Å². The van der Waals surface area contributed by atoms with Gasteiger partial charge in [0.15, 0.2) is 0 Å². The van der Waals surface area contributed by atoms with E-state index in [9.17, 15) is 4.39 Å². The van der Waals surface area contributed by atoms with Gasteiger partial charge in [0.25, 0.3) is 0 Å². The van der Waals surface area contributed by atoms with Crippen LogP contribution < -0.4 is 5.32 Å². The van der Waals surface area contributed by atoms with Crippen molar-refractivity contribution in [2.24, 2.45) is 0 Å². The lowest BCUT2D eigenvalue weighted by atomic mass is 10.0. The van der Waals surface area contributed by atoms with Gasteiger partial charge in [-0.1, -0.05) is 43.6 Å². The van der Waals surface area contributed by atoms with Gasteiger partial charge in [-0.3, -0.25) is 0 Å². The van der Waals surface area contributed by atoms with E-state index in [0.29, 0.717) is 18.2 Å². The summed E-state index contributed by atoms with van der Waals surface area (Å²) in [6, 6.07) is 11.4. The maximum Gasteiger partial charge on any atom is 0.127 e. The summed E-state index contributed by atoms with van der Waals surface area (Å²) in [5.41, 5.74) is 3.70. The Morgan fingerprint density at radius 3 is 2.40 bits per heavy atom. The van der Waals surface area contributed by atoms with Crippen molar-refractivity contribution >= 4 is 11.6 Å². The van der Waals surface area contributed by atoms with Gasteiger partial charge >= 0.3 is 0 Å². The molecule has 2 aromatic rings. The minimum absolute atomic E-state index is 0.180. The van der Waals surface area contributed by atoms with E-state index in [-0.39, 0.29) is 5.82 Å². The molecule has 0 amide bonds. The van der Waals surface area contributed by atoms with Gasteiger partial charge in [0, 0.05) is 23.2 Å². The van der Waals surface area contributed by atoms with E-state index in [0.717, 1.165) is 21.7 Å². The first kappa shape index (κ1) is 15.0. The zero-order chi connectivity index (χ0) is 14.7. The Morgan fingerprint density at radius 2 is 1.75 bits per heavy atom. The molecule has 0 saturated heterocycles. The lowest BCUT2D eigenvalue weighted by molar-refractivity contribution is 0.553. The zero-order valence-corrected chi connectivity index (χ0v) is 12.8. The summed E-state index contributed by atoms with van der Waals surface area (Å²) in [6.07, 6.45) is 0. The Labute approximate surface area is 124 Å². The van der Waals surface area contributed by atoms with Gasteiger partial charge < -0.3 is 5.32 Å². The highest BCUT2D eigenvalue weighted by Crippen LogP contribution is 2.26. The van der Waals surface area contributed by atoms with Crippen molar-refractivity contribution in [1.82, 2.24) is 5.32 Å². The molecule has 0 aliphatic heterocycles. The zero-order valence-electron chi connectivity index (χ0n) is 12.0. The summed E-state index contributed by atoms with van der Waals surface area (Å²) < 4.78 is 13.8. The highest BCUT2D eigenvalue weighted by molar-refractivity contribution is 6.31. The van der Waals surface area contributed by atoms with E-state index in [1.165, 1.54) is 6.07 Å². The van der Waals surface area contributed by atoms with E-state index in [2.05, 4.69) is 5.32 Å². The quantitative estimate of drug-likeness (QED) is 0.840. The SMILES string of the molecule is Cc1ccc(-c2ccc(F)c(CNC(C)C)c2)cc1Cl. The first-order valence-corrected chi connectivity index (χ1v) is 7.13. The first-order chi connectivity index (χ1) is 9.47. The average molecular weight is 292 g/mol. The minimum Gasteiger partial charge on any atom is -0.310 e. The van der Waals surface area contributed by atoms with Crippen LogP contribution in [0.4, 0.5) is 4.39 Å². The molecule has 0 bridgehead atoms. The van der Waals surface area contributed by atoms with Gasteiger partial charge in [-0.2, -0.15) is 0 Å². The topological polar surface area (TPSA) is 12.0 Å². The summed E-state index contributed by atoms with van der Waals surface area (Å²) in [6.45, 7) is 6.58. The lowest BCUT2D eigenvalue weighted by Gasteiger charge is -2.11. The van der Waals surface area contributed by atoms with E-state index >= 15 is 0 Å².